The van der Waals surface area contributed by atoms with E-state index >= 15 is 0 Å². The summed E-state index contributed by atoms with van der Waals surface area (Å²) in [5.74, 6) is 0. The fourth-order valence-electron chi connectivity index (χ4n) is 0.448. The number of pyridine rings is 1. The first-order valence-electron chi connectivity index (χ1n) is 2.26. The molecule has 0 N–H and O–H groups in total. The van der Waals surface area contributed by atoms with Crippen molar-refractivity contribution >= 4 is 51.4 Å². The fraction of sp³-hybridized carbons (Fsp3) is 0.167. The zero-order valence-corrected chi connectivity index (χ0v) is 8.38. The monoisotopic (exact) mass is 132 g/mol. The molecule has 1 radical (unpaired) electrons. The maximum atomic E-state index is 3.88. The number of aryl methyl sites for hydroxylation is 1. The summed E-state index contributed by atoms with van der Waals surface area (Å²) in [7, 11) is 0. The standard InChI is InChI=1S/C6H7N.K/c1-6-3-2-4-7-5-6;/h2-5H,1H3;. The Morgan fingerprint density at radius 3 is 2.50 bits per heavy atom. The minimum Gasteiger partial charge on any atom is -0.264 e. The largest absolute Gasteiger partial charge is 0.264 e. The smallest absolute Gasteiger partial charge is 0.0297 e. The van der Waals surface area contributed by atoms with Crippen LogP contribution in [0.15, 0.2) is 24.5 Å². The van der Waals surface area contributed by atoms with Crippen molar-refractivity contribution in [2.24, 2.45) is 0 Å². The van der Waals surface area contributed by atoms with E-state index in [1.54, 1.807) is 6.20 Å². The summed E-state index contributed by atoms with van der Waals surface area (Å²) in [6.07, 6.45) is 3.60. The molecule has 0 unspecified atom stereocenters. The zero-order chi connectivity index (χ0) is 5.11. The Labute approximate surface area is 91.9 Å². The van der Waals surface area contributed by atoms with Crippen molar-refractivity contribution in [1.82, 2.24) is 4.98 Å². The Morgan fingerprint density at radius 2 is 2.25 bits per heavy atom. The number of aromatic nitrogens is 1. The molecule has 1 aromatic heterocycles. The van der Waals surface area contributed by atoms with Gasteiger partial charge in [-0.3, -0.25) is 4.98 Å². The zero-order valence-electron chi connectivity index (χ0n) is 5.26. The molecule has 0 saturated heterocycles. The van der Waals surface area contributed by atoms with Crippen molar-refractivity contribution in [3.05, 3.63) is 30.1 Å². The van der Waals surface area contributed by atoms with E-state index in [1.807, 2.05) is 25.3 Å². The molecule has 2 heteroatoms. The predicted molar refractivity (Wildman–Crippen MR) is 34.7 cm³/mol. The maximum absolute atomic E-state index is 3.88. The molecule has 0 aliphatic rings. The van der Waals surface area contributed by atoms with Crippen LogP contribution in [0.4, 0.5) is 0 Å². The van der Waals surface area contributed by atoms with Crippen molar-refractivity contribution in [2.75, 3.05) is 0 Å². The summed E-state index contributed by atoms with van der Waals surface area (Å²) in [5, 5.41) is 0. The molecule has 8 heavy (non-hydrogen) atoms. The molecule has 0 aromatic carbocycles. The normalized spacial score (nSPS) is 7.62. The van der Waals surface area contributed by atoms with Crippen LogP contribution in [-0.2, 0) is 0 Å². The van der Waals surface area contributed by atoms with Crippen molar-refractivity contribution in [3.63, 3.8) is 0 Å². The van der Waals surface area contributed by atoms with E-state index in [0.717, 1.165) is 0 Å². The van der Waals surface area contributed by atoms with Crippen LogP contribution in [0.25, 0.3) is 0 Å². The van der Waals surface area contributed by atoms with Gasteiger partial charge in [-0.05, 0) is 18.6 Å². The van der Waals surface area contributed by atoms with Gasteiger partial charge in [-0.15, -0.1) is 0 Å². The van der Waals surface area contributed by atoms with Gasteiger partial charge >= 0.3 is 0 Å². The average molecular weight is 132 g/mol. The van der Waals surface area contributed by atoms with E-state index in [0.29, 0.717) is 0 Å². The quantitative estimate of drug-likeness (QED) is 0.480. The molecule has 0 amide bonds. The molecule has 0 saturated carbocycles. The number of hydrogen-bond donors (Lipinski definition) is 0. The third-order valence-electron chi connectivity index (χ3n) is 0.809. The van der Waals surface area contributed by atoms with E-state index in [1.165, 1.54) is 5.56 Å². The first-order chi connectivity index (χ1) is 3.39. The maximum Gasteiger partial charge on any atom is 0.0297 e. The summed E-state index contributed by atoms with van der Waals surface area (Å²) < 4.78 is 0. The number of nitrogens with zero attached hydrogens (tertiary/aromatic N) is 1. The van der Waals surface area contributed by atoms with E-state index in [2.05, 4.69) is 4.98 Å². The minimum absolute atomic E-state index is 0. The van der Waals surface area contributed by atoms with Gasteiger partial charge in [0.2, 0.25) is 0 Å². The summed E-state index contributed by atoms with van der Waals surface area (Å²) in [5.41, 5.74) is 1.21. The van der Waals surface area contributed by atoms with Gasteiger partial charge in [0.15, 0.2) is 0 Å². The molecule has 1 nitrogen and oxygen atoms in total. The van der Waals surface area contributed by atoms with Gasteiger partial charge < -0.3 is 0 Å². The number of hydrogen-bond acceptors (Lipinski definition) is 1. The summed E-state index contributed by atoms with van der Waals surface area (Å²) in [4.78, 5) is 3.88. The van der Waals surface area contributed by atoms with Crippen molar-refractivity contribution in [2.45, 2.75) is 6.92 Å². The van der Waals surface area contributed by atoms with Gasteiger partial charge in [-0.25, -0.2) is 0 Å². The Bertz CT molecular complexity index is 138. The van der Waals surface area contributed by atoms with Crippen LogP contribution >= 0.6 is 0 Å². The molecule has 0 spiro atoms. The number of rotatable bonds is 0. The second kappa shape index (κ2) is 4.65. The van der Waals surface area contributed by atoms with Crippen molar-refractivity contribution in [3.8, 4) is 0 Å². The third-order valence-corrected chi connectivity index (χ3v) is 0.809. The molecular formula is C6H7KN. The molecule has 0 atom stereocenters. The molecule has 1 rings (SSSR count). The fourth-order valence-corrected chi connectivity index (χ4v) is 0.448. The van der Waals surface area contributed by atoms with Crippen LogP contribution in [-0.4, -0.2) is 56.4 Å². The summed E-state index contributed by atoms with van der Waals surface area (Å²) >= 11 is 0. The van der Waals surface area contributed by atoms with Crippen LogP contribution < -0.4 is 0 Å². The van der Waals surface area contributed by atoms with Gasteiger partial charge in [0, 0.05) is 63.8 Å². The molecule has 37 valence electrons. The average Bonchev–Trinajstić information content (AvgIpc) is 1.69. The van der Waals surface area contributed by atoms with Crippen molar-refractivity contribution in [1.29, 1.82) is 0 Å². The first-order valence-corrected chi connectivity index (χ1v) is 2.26. The third kappa shape index (κ3) is 2.94. The Kier molecular flexibility index (Phi) is 5.10. The van der Waals surface area contributed by atoms with Gasteiger partial charge in [-0.2, -0.15) is 0 Å². The van der Waals surface area contributed by atoms with Gasteiger partial charge in [-0.1, -0.05) is 6.07 Å². The summed E-state index contributed by atoms with van der Waals surface area (Å²) in [6.45, 7) is 2.02. The second-order valence-electron chi connectivity index (χ2n) is 1.53. The van der Waals surface area contributed by atoms with Crippen LogP contribution in [0.2, 0.25) is 0 Å². The Hall–Kier alpha value is 0.786. The van der Waals surface area contributed by atoms with E-state index in [-0.39, 0.29) is 51.4 Å². The van der Waals surface area contributed by atoms with E-state index in [9.17, 15) is 0 Å². The van der Waals surface area contributed by atoms with E-state index in [4.69, 9.17) is 0 Å². The first kappa shape index (κ1) is 8.79. The molecular weight excluding hydrogens is 125 g/mol. The van der Waals surface area contributed by atoms with E-state index < -0.39 is 0 Å². The molecule has 1 aromatic rings. The SMILES string of the molecule is Cc1cccnc1.[K]. The molecule has 0 aliphatic carbocycles. The van der Waals surface area contributed by atoms with Crippen LogP contribution in [0.5, 0.6) is 0 Å². The summed E-state index contributed by atoms with van der Waals surface area (Å²) in [6, 6.07) is 3.95. The molecule has 0 aliphatic heterocycles. The topological polar surface area (TPSA) is 12.9 Å². The van der Waals surface area contributed by atoms with Crippen LogP contribution in [0, 0.1) is 6.92 Å². The molecule has 0 bridgehead atoms. The molecule has 1 heterocycles. The van der Waals surface area contributed by atoms with Crippen LogP contribution in [0.3, 0.4) is 0 Å². The van der Waals surface area contributed by atoms with Gasteiger partial charge in [0.1, 0.15) is 0 Å². The Balaban J connectivity index is 0.000000490. The Morgan fingerprint density at radius 1 is 1.50 bits per heavy atom. The predicted octanol–water partition coefficient (Wildman–Crippen LogP) is 1.01. The van der Waals surface area contributed by atoms with Gasteiger partial charge in [0.25, 0.3) is 0 Å². The van der Waals surface area contributed by atoms with Gasteiger partial charge in [0.05, 0.1) is 0 Å². The van der Waals surface area contributed by atoms with Crippen molar-refractivity contribution < 1.29 is 0 Å². The minimum atomic E-state index is 0. The van der Waals surface area contributed by atoms with Crippen LogP contribution in [0.1, 0.15) is 5.56 Å². The molecule has 0 fully saturated rings. The second-order valence-corrected chi connectivity index (χ2v) is 1.53.